The molecule has 132 valence electrons. The third kappa shape index (κ3) is 5.72. The second-order valence-corrected chi connectivity index (χ2v) is 9.40. The zero-order valence-electron chi connectivity index (χ0n) is 14.4. The van der Waals surface area contributed by atoms with E-state index in [0.29, 0.717) is 13.1 Å². The number of amides is 1. The molecule has 0 radical (unpaired) electrons. The molecular formula is C17H25N3O3S. The van der Waals surface area contributed by atoms with Gasteiger partial charge in [-0.1, -0.05) is 45.0 Å². The highest BCUT2D eigenvalue weighted by Gasteiger charge is 2.22. The van der Waals surface area contributed by atoms with E-state index in [9.17, 15) is 13.2 Å². The summed E-state index contributed by atoms with van der Waals surface area (Å²) in [6.45, 7) is 7.42. The van der Waals surface area contributed by atoms with Crippen molar-refractivity contribution in [2.75, 3.05) is 31.1 Å². The maximum absolute atomic E-state index is 11.8. The predicted molar refractivity (Wildman–Crippen MR) is 96.0 cm³/mol. The lowest BCUT2D eigenvalue weighted by molar-refractivity contribution is -0.122. The van der Waals surface area contributed by atoms with Crippen molar-refractivity contribution >= 4 is 22.0 Å². The van der Waals surface area contributed by atoms with Gasteiger partial charge in [-0.3, -0.25) is 9.69 Å². The van der Waals surface area contributed by atoms with Gasteiger partial charge in [0.1, 0.15) is 0 Å². The third-order valence-corrected chi connectivity index (χ3v) is 5.59. The normalized spacial score (nSPS) is 18.6. The van der Waals surface area contributed by atoms with Crippen LogP contribution in [-0.2, 0) is 20.0 Å². The van der Waals surface area contributed by atoms with Crippen LogP contribution in [0.5, 0.6) is 0 Å². The minimum absolute atomic E-state index is 0.103. The fraction of sp³-hybridized carbons (Fsp3) is 0.529. The Hall–Kier alpha value is -1.73. The quantitative estimate of drug-likeness (QED) is 0.652. The molecule has 1 aromatic carbocycles. The van der Waals surface area contributed by atoms with E-state index < -0.39 is 9.84 Å². The van der Waals surface area contributed by atoms with Crippen LogP contribution in [0.25, 0.3) is 0 Å². The Labute approximate surface area is 143 Å². The van der Waals surface area contributed by atoms with Gasteiger partial charge in [0.25, 0.3) is 5.91 Å². The fourth-order valence-electron chi connectivity index (χ4n) is 2.39. The monoisotopic (exact) mass is 351 g/mol. The van der Waals surface area contributed by atoms with Crippen LogP contribution in [0, 0.1) is 0 Å². The Morgan fingerprint density at radius 2 is 1.79 bits per heavy atom. The van der Waals surface area contributed by atoms with Crippen molar-refractivity contribution in [3.63, 3.8) is 0 Å². The number of benzene rings is 1. The highest BCUT2D eigenvalue weighted by molar-refractivity contribution is 7.91. The van der Waals surface area contributed by atoms with Gasteiger partial charge >= 0.3 is 0 Å². The summed E-state index contributed by atoms with van der Waals surface area (Å²) < 4.78 is 22.7. The molecule has 24 heavy (non-hydrogen) atoms. The molecule has 0 aromatic heterocycles. The minimum atomic E-state index is -2.92. The third-order valence-electron chi connectivity index (χ3n) is 3.98. The summed E-state index contributed by atoms with van der Waals surface area (Å²) in [5, 5.41) is 3.96. The van der Waals surface area contributed by atoms with E-state index in [1.54, 1.807) is 6.21 Å². The topological polar surface area (TPSA) is 78.8 Å². The minimum Gasteiger partial charge on any atom is -0.292 e. The number of rotatable bonds is 4. The first-order valence-corrected chi connectivity index (χ1v) is 9.83. The smallest absolute Gasteiger partial charge is 0.254 e. The second-order valence-electron chi connectivity index (χ2n) is 7.09. The fourth-order valence-corrected chi connectivity index (χ4v) is 3.67. The molecule has 0 spiro atoms. The van der Waals surface area contributed by atoms with Crippen LogP contribution in [0.1, 0.15) is 31.9 Å². The van der Waals surface area contributed by atoms with Crippen molar-refractivity contribution < 1.29 is 13.2 Å². The first-order chi connectivity index (χ1) is 11.2. The molecule has 6 nitrogen and oxygen atoms in total. The van der Waals surface area contributed by atoms with Gasteiger partial charge in [0.05, 0.1) is 24.3 Å². The van der Waals surface area contributed by atoms with Gasteiger partial charge in [0.2, 0.25) is 0 Å². The van der Waals surface area contributed by atoms with Crippen molar-refractivity contribution in [1.29, 1.82) is 0 Å². The van der Waals surface area contributed by atoms with E-state index in [1.165, 1.54) is 5.56 Å². The molecule has 1 amide bonds. The van der Waals surface area contributed by atoms with Gasteiger partial charge in [-0.15, -0.1) is 0 Å². The molecule has 1 aliphatic heterocycles. The lowest BCUT2D eigenvalue weighted by Crippen LogP contribution is -2.44. The van der Waals surface area contributed by atoms with Gasteiger partial charge in [-0.25, -0.2) is 13.8 Å². The van der Waals surface area contributed by atoms with E-state index in [4.69, 9.17) is 0 Å². The molecule has 2 rings (SSSR count). The lowest BCUT2D eigenvalue weighted by atomic mass is 9.87. The molecule has 0 bridgehead atoms. The Morgan fingerprint density at radius 3 is 2.33 bits per heavy atom. The molecular weight excluding hydrogens is 326 g/mol. The first-order valence-electron chi connectivity index (χ1n) is 8.01. The summed E-state index contributed by atoms with van der Waals surface area (Å²) in [5.74, 6) is -0.00951. The van der Waals surface area contributed by atoms with E-state index in [0.717, 1.165) is 5.56 Å². The van der Waals surface area contributed by atoms with Crippen LogP contribution in [0.3, 0.4) is 0 Å². The van der Waals surface area contributed by atoms with Crippen molar-refractivity contribution in [2.24, 2.45) is 5.10 Å². The highest BCUT2D eigenvalue weighted by Crippen LogP contribution is 2.21. The molecule has 1 heterocycles. The summed E-state index contributed by atoms with van der Waals surface area (Å²) in [4.78, 5) is 13.7. The van der Waals surface area contributed by atoms with Gasteiger partial charge in [0, 0.05) is 13.1 Å². The number of sulfone groups is 1. The summed E-state index contributed by atoms with van der Waals surface area (Å²) in [6.07, 6.45) is 1.60. The Balaban J connectivity index is 1.80. The van der Waals surface area contributed by atoms with E-state index >= 15 is 0 Å². The molecule has 0 atom stereocenters. The molecule has 1 aliphatic rings. The van der Waals surface area contributed by atoms with Crippen LogP contribution in [0.4, 0.5) is 0 Å². The van der Waals surface area contributed by atoms with Gasteiger partial charge < -0.3 is 0 Å². The maximum Gasteiger partial charge on any atom is 0.254 e. The molecule has 7 heteroatoms. The van der Waals surface area contributed by atoms with Crippen LogP contribution < -0.4 is 5.43 Å². The van der Waals surface area contributed by atoms with Crippen LogP contribution in [-0.4, -0.2) is 56.6 Å². The number of hydrogen-bond donors (Lipinski definition) is 1. The average molecular weight is 351 g/mol. The molecule has 0 saturated carbocycles. The highest BCUT2D eigenvalue weighted by atomic mass is 32.2. The molecule has 0 unspecified atom stereocenters. The molecule has 1 fully saturated rings. The van der Waals surface area contributed by atoms with Crippen LogP contribution in [0.2, 0.25) is 0 Å². The number of hydrogen-bond acceptors (Lipinski definition) is 5. The van der Waals surface area contributed by atoms with E-state index in [-0.39, 0.29) is 29.4 Å². The average Bonchev–Trinajstić information content (AvgIpc) is 2.49. The molecule has 0 aliphatic carbocycles. The Morgan fingerprint density at radius 1 is 1.21 bits per heavy atom. The number of nitrogens with one attached hydrogen (secondary N) is 1. The first kappa shape index (κ1) is 18.6. The second kappa shape index (κ2) is 7.44. The number of carbonyl (C=O) groups is 1. The van der Waals surface area contributed by atoms with Crippen LogP contribution >= 0.6 is 0 Å². The number of nitrogens with zero attached hydrogens (tertiary/aromatic N) is 2. The van der Waals surface area contributed by atoms with Crippen molar-refractivity contribution in [3.8, 4) is 0 Å². The van der Waals surface area contributed by atoms with Crippen molar-refractivity contribution in [3.05, 3.63) is 35.4 Å². The van der Waals surface area contributed by atoms with Gasteiger partial charge in [-0.05, 0) is 16.5 Å². The zero-order valence-corrected chi connectivity index (χ0v) is 15.3. The largest absolute Gasteiger partial charge is 0.292 e. The summed E-state index contributed by atoms with van der Waals surface area (Å²) in [6, 6.07) is 8.03. The summed E-state index contributed by atoms with van der Waals surface area (Å²) in [5.41, 5.74) is 4.74. The predicted octanol–water partition coefficient (Wildman–Crippen LogP) is 1.16. The summed E-state index contributed by atoms with van der Waals surface area (Å²) in [7, 11) is -2.92. The standard InChI is InChI=1S/C17H25N3O3S/c1-17(2,3)15-6-4-14(5-7-15)12-18-19-16(21)13-20-8-10-24(22,23)11-9-20/h4-7,12H,8-11,13H2,1-3H3,(H,19,21)/b18-12-. The molecule has 1 N–H and O–H groups in total. The van der Waals surface area contributed by atoms with Gasteiger partial charge in [0.15, 0.2) is 9.84 Å². The van der Waals surface area contributed by atoms with E-state index in [1.807, 2.05) is 17.0 Å². The Bertz CT molecular complexity index is 690. The van der Waals surface area contributed by atoms with Crippen molar-refractivity contribution in [1.82, 2.24) is 10.3 Å². The number of hydrazone groups is 1. The van der Waals surface area contributed by atoms with Crippen LogP contribution in [0.15, 0.2) is 29.4 Å². The molecule has 1 saturated heterocycles. The van der Waals surface area contributed by atoms with E-state index in [2.05, 4.69) is 43.4 Å². The molecule has 1 aromatic rings. The SMILES string of the molecule is CC(C)(C)c1ccc(/C=N\NC(=O)CN2CCS(=O)(=O)CC2)cc1. The summed E-state index contributed by atoms with van der Waals surface area (Å²) >= 11 is 0. The maximum atomic E-state index is 11.8. The lowest BCUT2D eigenvalue weighted by Gasteiger charge is -2.25. The zero-order chi connectivity index (χ0) is 17.8. The number of carbonyl (C=O) groups excluding carboxylic acids is 1. The van der Waals surface area contributed by atoms with Crippen molar-refractivity contribution in [2.45, 2.75) is 26.2 Å². The Kier molecular flexibility index (Phi) is 5.77. The van der Waals surface area contributed by atoms with Gasteiger partial charge in [-0.2, -0.15) is 5.10 Å².